The molecule has 0 atom stereocenters. The second kappa shape index (κ2) is 5.34. The molecular weight excluding hydrogens is 182 g/mol. The molecule has 1 aromatic rings. The van der Waals surface area contributed by atoms with E-state index in [1.807, 2.05) is 6.07 Å². The molecule has 0 aliphatic heterocycles. The first-order valence-electron chi connectivity index (χ1n) is 4.43. The Morgan fingerprint density at radius 3 is 3.00 bits per heavy atom. The Balaban J connectivity index is 2.73. The van der Waals surface area contributed by atoms with E-state index in [1.54, 1.807) is 12.1 Å². The van der Waals surface area contributed by atoms with Crippen molar-refractivity contribution in [2.75, 3.05) is 13.7 Å². The number of aryl methyl sites for hydroxylation is 1. The number of carbonyl (C=O) groups is 1. The average molecular weight is 195 g/mol. The van der Waals surface area contributed by atoms with E-state index in [-0.39, 0.29) is 6.61 Å². The molecule has 0 radical (unpaired) electrons. The van der Waals surface area contributed by atoms with E-state index in [0.29, 0.717) is 18.5 Å². The Labute approximate surface area is 82.5 Å². The fourth-order valence-electron chi connectivity index (χ4n) is 1.10. The lowest BCUT2D eigenvalue weighted by Crippen LogP contribution is -2.06. The van der Waals surface area contributed by atoms with Gasteiger partial charge in [0.15, 0.2) is 0 Å². The predicted molar refractivity (Wildman–Crippen MR) is 51.0 cm³/mol. The van der Waals surface area contributed by atoms with Crippen LogP contribution < -0.4 is 0 Å². The minimum atomic E-state index is -0.434. The van der Waals surface area contributed by atoms with Gasteiger partial charge in [-0.3, -0.25) is 0 Å². The van der Waals surface area contributed by atoms with E-state index in [2.05, 4.69) is 9.72 Å². The molecule has 1 aromatic heterocycles. The number of aliphatic hydroxyl groups is 1. The highest BCUT2D eigenvalue weighted by atomic mass is 16.5. The van der Waals surface area contributed by atoms with E-state index in [0.717, 1.165) is 5.69 Å². The minimum Gasteiger partial charge on any atom is -0.464 e. The van der Waals surface area contributed by atoms with E-state index in [1.165, 1.54) is 7.11 Å². The summed E-state index contributed by atoms with van der Waals surface area (Å²) in [7, 11) is 1.32. The third-order valence-electron chi connectivity index (χ3n) is 1.79. The molecule has 0 aromatic carbocycles. The fraction of sp³-hybridized carbons (Fsp3) is 0.400. The zero-order valence-corrected chi connectivity index (χ0v) is 8.06. The zero-order chi connectivity index (χ0) is 10.4. The van der Waals surface area contributed by atoms with E-state index < -0.39 is 5.97 Å². The Morgan fingerprint density at radius 1 is 1.57 bits per heavy atom. The third kappa shape index (κ3) is 2.81. The van der Waals surface area contributed by atoms with Gasteiger partial charge in [0.05, 0.1) is 7.11 Å². The lowest BCUT2D eigenvalue weighted by Gasteiger charge is -2.01. The Morgan fingerprint density at radius 2 is 2.36 bits per heavy atom. The number of ether oxygens (including phenoxy) is 1. The van der Waals surface area contributed by atoms with Crippen LogP contribution in [0, 0.1) is 0 Å². The topological polar surface area (TPSA) is 59.4 Å². The number of rotatable bonds is 4. The smallest absolute Gasteiger partial charge is 0.356 e. The average Bonchev–Trinajstić information content (AvgIpc) is 2.25. The maximum Gasteiger partial charge on any atom is 0.356 e. The second-order valence-corrected chi connectivity index (χ2v) is 2.83. The summed E-state index contributed by atoms with van der Waals surface area (Å²) in [6.07, 6.45) is 1.32. The van der Waals surface area contributed by atoms with Crippen molar-refractivity contribution in [1.29, 1.82) is 0 Å². The van der Waals surface area contributed by atoms with E-state index in [9.17, 15) is 4.79 Å². The van der Waals surface area contributed by atoms with Crippen LogP contribution in [-0.2, 0) is 11.2 Å². The van der Waals surface area contributed by atoms with E-state index in [4.69, 9.17) is 5.11 Å². The van der Waals surface area contributed by atoms with Gasteiger partial charge in [0.1, 0.15) is 5.69 Å². The SMILES string of the molecule is COC(=O)c1cccc(CCCO)n1. The lowest BCUT2D eigenvalue weighted by atomic mass is 10.2. The number of carbonyl (C=O) groups excluding carboxylic acids is 1. The van der Waals surface area contributed by atoms with Gasteiger partial charge in [0.25, 0.3) is 0 Å². The lowest BCUT2D eigenvalue weighted by molar-refractivity contribution is 0.0593. The molecule has 1 heterocycles. The molecule has 76 valence electrons. The van der Waals surface area contributed by atoms with Gasteiger partial charge in [0.2, 0.25) is 0 Å². The van der Waals surface area contributed by atoms with Gasteiger partial charge in [-0.25, -0.2) is 9.78 Å². The Bertz CT molecular complexity index is 312. The molecule has 0 aliphatic rings. The van der Waals surface area contributed by atoms with Crippen LogP contribution in [0.4, 0.5) is 0 Å². The number of aliphatic hydroxyl groups excluding tert-OH is 1. The number of methoxy groups -OCH3 is 1. The van der Waals surface area contributed by atoms with Crippen molar-refractivity contribution in [2.24, 2.45) is 0 Å². The van der Waals surface area contributed by atoms with Crippen LogP contribution in [0.25, 0.3) is 0 Å². The number of nitrogens with zero attached hydrogens (tertiary/aromatic N) is 1. The summed E-state index contributed by atoms with van der Waals surface area (Å²) in [5, 5.41) is 8.63. The molecule has 0 saturated carbocycles. The number of hydrogen-bond donors (Lipinski definition) is 1. The highest BCUT2D eigenvalue weighted by Gasteiger charge is 2.06. The predicted octanol–water partition coefficient (Wildman–Crippen LogP) is 0.793. The van der Waals surface area contributed by atoms with Gasteiger partial charge in [0, 0.05) is 12.3 Å². The van der Waals surface area contributed by atoms with Crippen molar-refractivity contribution in [3.8, 4) is 0 Å². The molecular formula is C10H13NO3. The van der Waals surface area contributed by atoms with Gasteiger partial charge in [-0.15, -0.1) is 0 Å². The highest BCUT2D eigenvalue weighted by molar-refractivity contribution is 5.87. The molecule has 4 heteroatoms. The van der Waals surface area contributed by atoms with Gasteiger partial charge in [-0.2, -0.15) is 0 Å². The molecule has 1 N–H and O–H groups in total. The monoisotopic (exact) mass is 195 g/mol. The first kappa shape index (κ1) is 10.7. The van der Waals surface area contributed by atoms with Crippen molar-refractivity contribution >= 4 is 5.97 Å². The summed E-state index contributed by atoms with van der Waals surface area (Å²) in [5.41, 5.74) is 1.10. The first-order chi connectivity index (χ1) is 6.77. The number of aromatic nitrogens is 1. The van der Waals surface area contributed by atoms with Crippen LogP contribution >= 0.6 is 0 Å². The van der Waals surface area contributed by atoms with Crippen molar-refractivity contribution in [3.63, 3.8) is 0 Å². The van der Waals surface area contributed by atoms with Crippen LogP contribution in [0.1, 0.15) is 22.6 Å². The zero-order valence-electron chi connectivity index (χ0n) is 8.06. The van der Waals surface area contributed by atoms with E-state index >= 15 is 0 Å². The molecule has 0 amide bonds. The van der Waals surface area contributed by atoms with Gasteiger partial charge >= 0.3 is 5.97 Å². The number of esters is 1. The van der Waals surface area contributed by atoms with Gasteiger partial charge < -0.3 is 9.84 Å². The molecule has 14 heavy (non-hydrogen) atoms. The standard InChI is InChI=1S/C10H13NO3/c1-14-10(13)9-6-2-4-8(11-9)5-3-7-12/h2,4,6,12H,3,5,7H2,1H3. The fourth-order valence-corrected chi connectivity index (χ4v) is 1.10. The van der Waals surface area contributed by atoms with Crippen LogP contribution in [0.15, 0.2) is 18.2 Å². The third-order valence-corrected chi connectivity index (χ3v) is 1.79. The molecule has 0 spiro atoms. The Hall–Kier alpha value is -1.42. The van der Waals surface area contributed by atoms with Gasteiger partial charge in [-0.1, -0.05) is 6.07 Å². The summed E-state index contributed by atoms with van der Waals surface area (Å²) < 4.78 is 4.54. The normalized spacial score (nSPS) is 9.86. The maximum atomic E-state index is 11.1. The summed E-state index contributed by atoms with van der Waals surface area (Å²) in [6.45, 7) is 0.129. The molecule has 0 saturated heterocycles. The van der Waals surface area contributed by atoms with Crippen LogP contribution in [0.5, 0.6) is 0 Å². The molecule has 0 bridgehead atoms. The summed E-state index contributed by atoms with van der Waals surface area (Å²) in [6, 6.07) is 5.18. The van der Waals surface area contributed by atoms with Crippen molar-refractivity contribution in [1.82, 2.24) is 4.98 Å². The summed E-state index contributed by atoms with van der Waals surface area (Å²) >= 11 is 0. The quantitative estimate of drug-likeness (QED) is 0.722. The largest absolute Gasteiger partial charge is 0.464 e. The van der Waals surface area contributed by atoms with Gasteiger partial charge in [-0.05, 0) is 25.0 Å². The van der Waals surface area contributed by atoms with Crippen molar-refractivity contribution in [2.45, 2.75) is 12.8 Å². The summed E-state index contributed by atoms with van der Waals surface area (Å²) in [4.78, 5) is 15.2. The van der Waals surface area contributed by atoms with Crippen molar-refractivity contribution in [3.05, 3.63) is 29.6 Å². The van der Waals surface area contributed by atoms with Crippen LogP contribution in [0.3, 0.4) is 0 Å². The molecule has 4 nitrogen and oxygen atoms in total. The van der Waals surface area contributed by atoms with Crippen molar-refractivity contribution < 1.29 is 14.6 Å². The highest BCUT2D eigenvalue weighted by Crippen LogP contribution is 2.03. The maximum absolute atomic E-state index is 11.1. The summed E-state index contributed by atoms with van der Waals surface area (Å²) in [5.74, 6) is -0.434. The molecule has 0 aliphatic carbocycles. The minimum absolute atomic E-state index is 0.129. The molecule has 1 rings (SSSR count). The van der Waals surface area contributed by atoms with Crippen LogP contribution in [0.2, 0.25) is 0 Å². The second-order valence-electron chi connectivity index (χ2n) is 2.83. The first-order valence-corrected chi connectivity index (χ1v) is 4.43. The Kier molecular flexibility index (Phi) is 4.07. The van der Waals surface area contributed by atoms with Crippen LogP contribution in [-0.4, -0.2) is 29.8 Å². The number of pyridine rings is 1. The number of hydrogen-bond acceptors (Lipinski definition) is 4. The molecule has 0 fully saturated rings. The molecule has 0 unspecified atom stereocenters.